The average molecular weight is 244 g/mol. The zero-order valence-corrected chi connectivity index (χ0v) is 10.0. The Bertz CT molecular complexity index is 674. The van der Waals surface area contributed by atoms with Crippen molar-refractivity contribution < 1.29 is 0 Å². The summed E-state index contributed by atoms with van der Waals surface area (Å²) >= 11 is 5.87. The minimum atomic E-state index is 0.468. The predicted molar refractivity (Wildman–Crippen MR) is 68.6 cm³/mol. The van der Waals surface area contributed by atoms with Gasteiger partial charge in [-0.25, -0.2) is 9.67 Å². The fourth-order valence-corrected chi connectivity index (χ4v) is 2.05. The molecule has 0 fully saturated rings. The van der Waals surface area contributed by atoms with Crippen molar-refractivity contribution in [2.45, 2.75) is 6.92 Å². The summed E-state index contributed by atoms with van der Waals surface area (Å²) in [6.07, 6.45) is 1.76. The standard InChI is InChI=1S/C13H10ClN3/c1-9-11-8-15-13(14)7-12(11)16-17(9)10-5-3-2-4-6-10/h2-8H,1H3. The van der Waals surface area contributed by atoms with Crippen LogP contribution in [0, 0.1) is 6.92 Å². The van der Waals surface area contributed by atoms with E-state index < -0.39 is 0 Å². The molecule has 0 saturated carbocycles. The number of aryl methyl sites for hydroxylation is 1. The van der Waals surface area contributed by atoms with Crippen LogP contribution in [-0.2, 0) is 0 Å². The largest absolute Gasteiger partial charge is 0.244 e. The number of hydrogen-bond donors (Lipinski definition) is 0. The van der Waals surface area contributed by atoms with Crippen molar-refractivity contribution in [2.75, 3.05) is 0 Å². The maximum absolute atomic E-state index is 5.87. The van der Waals surface area contributed by atoms with Gasteiger partial charge in [-0.2, -0.15) is 5.10 Å². The number of pyridine rings is 1. The molecule has 1 aromatic carbocycles. The minimum absolute atomic E-state index is 0.468. The Kier molecular flexibility index (Phi) is 2.34. The number of benzene rings is 1. The Morgan fingerprint density at radius 1 is 1.18 bits per heavy atom. The molecule has 0 atom stereocenters. The topological polar surface area (TPSA) is 30.7 Å². The lowest BCUT2D eigenvalue weighted by Crippen LogP contribution is -1.97. The van der Waals surface area contributed by atoms with Gasteiger partial charge in [-0.3, -0.25) is 0 Å². The molecule has 3 rings (SSSR count). The van der Waals surface area contributed by atoms with Gasteiger partial charge in [0.15, 0.2) is 0 Å². The van der Waals surface area contributed by atoms with Gasteiger partial charge in [0.1, 0.15) is 5.15 Å². The normalized spacial score (nSPS) is 10.9. The van der Waals surface area contributed by atoms with E-state index in [1.807, 2.05) is 41.9 Å². The van der Waals surface area contributed by atoms with Crippen LogP contribution in [0.1, 0.15) is 5.69 Å². The number of halogens is 1. The molecule has 0 aliphatic carbocycles. The number of para-hydroxylation sites is 1. The first-order valence-corrected chi connectivity index (χ1v) is 5.70. The van der Waals surface area contributed by atoms with Crippen molar-refractivity contribution in [3.05, 3.63) is 53.4 Å². The van der Waals surface area contributed by atoms with E-state index in [4.69, 9.17) is 11.6 Å². The smallest absolute Gasteiger partial charge is 0.131 e. The average Bonchev–Trinajstić information content (AvgIpc) is 2.67. The summed E-state index contributed by atoms with van der Waals surface area (Å²) in [5.41, 5.74) is 2.97. The molecule has 2 heterocycles. The van der Waals surface area contributed by atoms with E-state index in [1.165, 1.54) is 0 Å². The summed E-state index contributed by atoms with van der Waals surface area (Å²) in [6, 6.07) is 11.8. The molecule has 0 aliphatic heterocycles. The summed E-state index contributed by atoms with van der Waals surface area (Å²) in [7, 11) is 0. The van der Waals surface area contributed by atoms with Gasteiger partial charge < -0.3 is 0 Å². The van der Waals surface area contributed by atoms with Gasteiger partial charge >= 0.3 is 0 Å². The molecule has 0 N–H and O–H groups in total. The first-order chi connectivity index (χ1) is 8.25. The van der Waals surface area contributed by atoms with Gasteiger partial charge in [-0.1, -0.05) is 29.8 Å². The van der Waals surface area contributed by atoms with E-state index in [9.17, 15) is 0 Å². The summed E-state index contributed by atoms with van der Waals surface area (Å²) in [5.74, 6) is 0. The highest BCUT2D eigenvalue weighted by Gasteiger charge is 2.09. The van der Waals surface area contributed by atoms with Crippen molar-refractivity contribution in [1.29, 1.82) is 0 Å². The van der Waals surface area contributed by atoms with Gasteiger partial charge in [0.2, 0.25) is 0 Å². The highest BCUT2D eigenvalue weighted by Crippen LogP contribution is 2.22. The van der Waals surface area contributed by atoms with Crippen LogP contribution in [0.2, 0.25) is 5.15 Å². The molecule has 3 nitrogen and oxygen atoms in total. The molecular weight excluding hydrogens is 234 g/mol. The molecule has 0 unspecified atom stereocenters. The van der Waals surface area contributed by atoms with E-state index in [-0.39, 0.29) is 0 Å². The number of aromatic nitrogens is 3. The summed E-state index contributed by atoms with van der Waals surface area (Å²) < 4.78 is 1.91. The fraction of sp³-hybridized carbons (Fsp3) is 0.0769. The van der Waals surface area contributed by atoms with Crippen molar-refractivity contribution >= 4 is 22.5 Å². The highest BCUT2D eigenvalue weighted by molar-refractivity contribution is 6.30. The lowest BCUT2D eigenvalue weighted by molar-refractivity contribution is 0.861. The number of fused-ring (bicyclic) bond motifs is 1. The molecule has 0 radical (unpaired) electrons. The minimum Gasteiger partial charge on any atom is -0.244 e. The summed E-state index contributed by atoms with van der Waals surface area (Å²) in [4.78, 5) is 4.09. The molecular formula is C13H10ClN3. The van der Waals surface area contributed by atoms with Gasteiger partial charge in [-0.05, 0) is 19.1 Å². The van der Waals surface area contributed by atoms with Gasteiger partial charge in [-0.15, -0.1) is 0 Å². The van der Waals surface area contributed by atoms with E-state index in [0.717, 1.165) is 22.3 Å². The van der Waals surface area contributed by atoms with Gasteiger partial charge in [0.25, 0.3) is 0 Å². The van der Waals surface area contributed by atoms with Crippen LogP contribution in [0.15, 0.2) is 42.6 Å². The second-order valence-corrected chi connectivity index (χ2v) is 4.24. The second-order valence-electron chi connectivity index (χ2n) is 3.86. The Labute approximate surface area is 104 Å². The molecule has 4 heteroatoms. The Hall–Kier alpha value is -1.87. The van der Waals surface area contributed by atoms with Gasteiger partial charge in [0, 0.05) is 17.6 Å². The van der Waals surface area contributed by atoms with Crippen LogP contribution in [-0.4, -0.2) is 14.8 Å². The third-order valence-corrected chi connectivity index (χ3v) is 2.97. The zero-order valence-electron chi connectivity index (χ0n) is 9.26. The number of hydrogen-bond acceptors (Lipinski definition) is 2. The monoisotopic (exact) mass is 243 g/mol. The predicted octanol–water partition coefficient (Wildman–Crippen LogP) is 3.38. The van der Waals surface area contributed by atoms with E-state index in [2.05, 4.69) is 10.1 Å². The Balaban J connectivity index is 2.28. The number of nitrogens with zero attached hydrogens (tertiary/aromatic N) is 3. The molecule has 84 valence electrons. The van der Waals surface area contributed by atoms with Crippen molar-refractivity contribution in [1.82, 2.24) is 14.8 Å². The lowest BCUT2D eigenvalue weighted by atomic mass is 10.2. The molecule has 2 aromatic heterocycles. The molecule has 0 bridgehead atoms. The van der Waals surface area contributed by atoms with Crippen LogP contribution in [0.3, 0.4) is 0 Å². The first kappa shape index (κ1) is 10.3. The first-order valence-electron chi connectivity index (χ1n) is 5.32. The van der Waals surface area contributed by atoms with Crippen LogP contribution < -0.4 is 0 Å². The van der Waals surface area contributed by atoms with Crippen LogP contribution in [0.5, 0.6) is 0 Å². The maximum atomic E-state index is 5.87. The van der Waals surface area contributed by atoms with Crippen LogP contribution in [0.25, 0.3) is 16.6 Å². The third-order valence-electron chi connectivity index (χ3n) is 2.76. The Morgan fingerprint density at radius 3 is 2.71 bits per heavy atom. The molecule has 0 aliphatic rings. The summed E-state index contributed by atoms with van der Waals surface area (Å²) in [6.45, 7) is 2.03. The third kappa shape index (κ3) is 1.68. The van der Waals surface area contributed by atoms with Gasteiger partial charge in [0.05, 0.1) is 16.9 Å². The molecule has 0 spiro atoms. The van der Waals surface area contributed by atoms with E-state index >= 15 is 0 Å². The Morgan fingerprint density at radius 2 is 1.94 bits per heavy atom. The molecule has 0 saturated heterocycles. The lowest BCUT2D eigenvalue weighted by Gasteiger charge is -2.02. The molecule has 17 heavy (non-hydrogen) atoms. The maximum Gasteiger partial charge on any atom is 0.131 e. The van der Waals surface area contributed by atoms with Crippen molar-refractivity contribution in [2.24, 2.45) is 0 Å². The van der Waals surface area contributed by atoms with E-state index in [1.54, 1.807) is 12.3 Å². The fourth-order valence-electron chi connectivity index (χ4n) is 1.90. The van der Waals surface area contributed by atoms with Crippen LogP contribution >= 0.6 is 11.6 Å². The highest BCUT2D eigenvalue weighted by atomic mass is 35.5. The zero-order chi connectivity index (χ0) is 11.8. The SMILES string of the molecule is Cc1c2cnc(Cl)cc2nn1-c1ccccc1. The van der Waals surface area contributed by atoms with Crippen LogP contribution in [0.4, 0.5) is 0 Å². The molecule has 0 amide bonds. The summed E-state index contributed by atoms with van der Waals surface area (Å²) in [5, 5.41) is 6.03. The quantitative estimate of drug-likeness (QED) is 0.614. The van der Waals surface area contributed by atoms with Crippen molar-refractivity contribution in [3.8, 4) is 5.69 Å². The second kappa shape index (κ2) is 3.86. The van der Waals surface area contributed by atoms with E-state index in [0.29, 0.717) is 5.15 Å². The number of rotatable bonds is 1. The van der Waals surface area contributed by atoms with Crippen molar-refractivity contribution in [3.63, 3.8) is 0 Å². The molecule has 3 aromatic rings.